The molecule has 1 saturated carbocycles. The first kappa shape index (κ1) is 21.1. The number of benzene rings is 1. The molecule has 1 aliphatic carbocycles. The van der Waals surface area contributed by atoms with Crippen molar-refractivity contribution >= 4 is 21.8 Å². The van der Waals surface area contributed by atoms with Crippen LogP contribution >= 0.6 is 0 Å². The highest BCUT2D eigenvalue weighted by Gasteiger charge is 2.45. The summed E-state index contributed by atoms with van der Waals surface area (Å²) >= 11 is 0. The number of fused-ring (bicyclic) bond motifs is 2. The Kier molecular flexibility index (Phi) is 5.76. The Balaban J connectivity index is 1.67. The minimum atomic E-state index is -3.92. The number of amides is 2. The van der Waals surface area contributed by atoms with E-state index in [4.69, 9.17) is 4.74 Å². The monoisotopic (exact) mass is 435 g/mol. The van der Waals surface area contributed by atoms with E-state index in [1.165, 1.54) is 15.3 Å². The molecule has 164 valence electrons. The highest BCUT2D eigenvalue weighted by molar-refractivity contribution is 7.89. The predicted molar refractivity (Wildman–Crippen MR) is 110 cm³/mol. The fourth-order valence-electron chi connectivity index (χ4n) is 4.37. The van der Waals surface area contributed by atoms with Crippen LogP contribution in [0.2, 0.25) is 0 Å². The van der Waals surface area contributed by atoms with E-state index in [-0.39, 0.29) is 29.2 Å². The molecular formula is C21H29N3O5S. The molecule has 9 heteroatoms. The van der Waals surface area contributed by atoms with Crippen LogP contribution in [0.1, 0.15) is 32.1 Å². The van der Waals surface area contributed by atoms with Crippen molar-refractivity contribution in [3.8, 4) is 5.75 Å². The number of carbonyl (C=O) groups excluding carboxylic acids is 2. The third-order valence-corrected chi connectivity index (χ3v) is 8.36. The van der Waals surface area contributed by atoms with E-state index in [1.54, 1.807) is 32.3 Å². The lowest BCUT2D eigenvalue weighted by Crippen LogP contribution is -2.50. The van der Waals surface area contributed by atoms with Crippen molar-refractivity contribution < 1.29 is 22.7 Å². The van der Waals surface area contributed by atoms with Gasteiger partial charge in [0.15, 0.2) is 0 Å². The molecule has 1 saturated heterocycles. The summed E-state index contributed by atoms with van der Waals surface area (Å²) in [5, 5.41) is 0. The van der Waals surface area contributed by atoms with Gasteiger partial charge in [-0.1, -0.05) is 18.6 Å². The smallest absolute Gasteiger partial charge is 0.247 e. The van der Waals surface area contributed by atoms with Crippen molar-refractivity contribution in [2.45, 2.75) is 49.1 Å². The van der Waals surface area contributed by atoms with Crippen molar-refractivity contribution in [3.63, 3.8) is 0 Å². The van der Waals surface area contributed by atoms with Crippen LogP contribution in [0.25, 0.3) is 0 Å². The lowest BCUT2D eigenvalue weighted by Gasteiger charge is -2.32. The van der Waals surface area contributed by atoms with E-state index in [1.807, 2.05) is 4.90 Å². The van der Waals surface area contributed by atoms with Crippen molar-refractivity contribution in [1.29, 1.82) is 0 Å². The molecule has 2 fully saturated rings. The zero-order valence-electron chi connectivity index (χ0n) is 17.5. The third kappa shape index (κ3) is 3.80. The highest BCUT2D eigenvalue weighted by atomic mass is 32.2. The molecule has 3 aliphatic rings. The van der Waals surface area contributed by atoms with Gasteiger partial charge in [0.25, 0.3) is 0 Å². The summed E-state index contributed by atoms with van der Waals surface area (Å²) in [6, 6.07) is 6.07. The Morgan fingerprint density at radius 2 is 1.80 bits per heavy atom. The Morgan fingerprint density at radius 3 is 2.47 bits per heavy atom. The number of nitrogens with zero attached hydrogens (tertiary/aromatic N) is 3. The first-order chi connectivity index (χ1) is 14.3. The molecule has 0 bridgehead atoms. The van der Waals surface area contributed by atoms with Gasteiger partial charge >= 0.3 is 0 Å². The minimum Gasteiger partial charge on any atom is -0.487 e. The topological polar surface area (TPSA) is 87.2 Å². The van der Waals surface area contributed by atoms with E-state index >= 15 is 0 Å². The minimum absolute atomic E-state index is 0.0898. The standard InChI is InChI=1S/C21H29N3O5S/c1-22(2)20(25)14-24-16-10-12-23(21(26)15-6-5-7-15)13-11-17(16)29-18-8-3-4-9-19(18)30(24,27)28/h3-4,8-9,15-17H,5-7,10-14H2,1-2H3/t16-,17-/m0/s1. The molecule has 8 nitrogen and oxygen atoms in total. The van der Waals surface area contributed by atoms with E-state index in [0.29, 0.717) is 31.7 Å². The average molecular weight is 436 g/mol. The van der Waals surface area contributed by atoms with Crippen molar-refractivity contribution in [2.75, 3.05) is 33.7 Å². The molecule has 0 radical (unpaired) electrons. The van der Waals surface area contributed by atoms with Crippen molar-refractivity contribution in [3.05, 3.63) is 24.3 Å². The Morgan fingerprint density at radius 1 is 1.10 bits per heavy atom. The number of rotatable bonds is 3. The third-order valence-electron chi connectivity index (χ3n) is 6.45. The molecule has 2 aliphatic heterocycles. The molecule has 2 amide bonds. The number of hydrogen-bond acceptors (Lipinski definition) is 5. The largest absolute Gasteiger partial charge is 0.487 e. The van der Waals surface area contributed by atoms with Crippen LogP contribution in [0.4, 0.5) is 0 Å². The van der Waals surface area contributed by atoms with Crippen LogP contribution < -0.4 is 4.74 Å². The Bertz CT molecular complexity index is 928. The van der Waals surface area contributed by atoms with Gasteiger partial charge in [-0.2, -0.15) is 4.31 Å². The summed E-state index contributed by atoms with van der Waals surface area (Å²) in [5.74, 6) is 0.288. The molecule has 1 aromatic carbocycles. The van der Waals surface area contributed by atoms with Crippen LogP contribution in [0.3, 0.4) is 0 Å². The Hall–Kier alpha value is -2.13. The van der Waals surface area contributed by atoms with Crippen LogP contribution in [0.15, 0.2) is 29.2 Å². The summed E-state index contributed by atoms with van der Waals surface area (Å²) in [7, 11) is -0.701. The van der Waals surface area contributed by atoms with Crippen LogP contribution in [0, 0.1) is 5.92 Å². The quantitative estimate of drug-likeness (QED) is 0.715. The lowest BCUT2D eigenvalue weighted by atomic mass is 9.84. The van der Waals surface area contributed by atoms with Crippen LogP contribution in [0.5, 0.6) is 5.75 Å². The predicted octanol–water partition coefficient (Wildman–Crippen LogP) is 1.32. The van der Waals surface area contributed by atoms with Crippen LogP contribution in [-0.4, -0.2) is 80.2 Å². The molecule has 0 unspecified atom stereocenters. The van der Waals surface area contributed by atoms with Gasteiger partial charge in [0.2, 0.25) is 21.8 Å². The summed E-state index contributed by atoms with van der Waals surface area (Å²) in [4.78, 5) is 28.6. The zero-order chi connectivity index (χ0) is 21.5. The SMILES string of the molecule is CN(C)C(=O)CN1[C@H]2CCN(C(=O)C3CCC3)CC[C@@H]2Oc2ccccc2S1(=O)=O. The second-order valence-electron chi connectivity index (χ2n) is 8.54. The number of para-hydroxylation sites is 1. The number of ether oxygens (including phenoxy) is 1. The van der Waals surface area contributed by atoms with Gasteiger partial charge in [0.1, 0.15) is 16.7 Å². The van der Waals surface area contributed by atoms with Gasteiger partial charge < -0.3 is 14.5 Å². The van der Waals surface area contributed by atoms with Gasteiger partial charge in [-0.3, -0.25) is 9.59 Å². The zero-order valence-corrected chi connectivity index (χ0v) is 18.3. The summed E-state index contributed by atoms with van der Waals surface area (Å²) in [5.41, 5.74) is 0. The molecule has 0 N–H and O–H groups in total. The number of hydrogen-bond donors (Lipinski definition) is 0. The fraction of sp³-hybridized carbons (Fsp3) is 0.619. The normalized spacial score (nSPS) is 26.3. The van der Waals surface area contributed by atoms with Gasteiger partial charge in [-0.25, -0.2) is 8.42 Å². The highest BCUT2D eigenvalue weighted by Crippen LogP contribution is 2.37. The van der Waals surface area contributed by atoms with Gasteiger partial charge in [0, 0.05) is 39.5 Å². The summed E-state index contributed by atoms with van der Waals surface area (Å²) in [6.07, 6.45) is 3.51. The molecule has 4 rings (SSSR count). The fourth-order valence-corrected chi connectivity index (χ4v) is 6.12. The lowest BCUT2D eigenvalue weighted by molar-refractivity contribution is -0.138. The maximum atomic E-state index is 13.5. The first-order valence-electron chi connectivity index (χ1n) is 10.6. The molecule has 30 heavy (non-hydrogen) atoms. The number of likely N-dealkylation sites (N-methyl/N-ethyl adjacent to an activating group) is 1. The van der Waals surface area contributed by atoms with Crippen molar-refractivity contribution in [2.24, 2.45) is 5.92 Å². The number of carbonyl (C=O) groups is 2. The molecule has 1 aromatic rings. The number of sulfonamides is 1. The van der Waals surface area contributed by atoms with Gasteiger partial charge in [0.05, 0.1) is 12.6 Å². The second-order valence-corrected chi connectivity index (χ2v) is 10.4. The average Bonchev–Trinajstić information content (AvgIpc) is 2.91. The van der Waals surface area contributed by atoms with Crippen LogP contribution in [-0.2, 0) is 19.6 Å². The van der Waals surface area contributed by atoms with Gasteiger partial charge in [-0.15, -0.1) is 0 Å². The van der Waals surface area contributed by atoms with Crippen molar-refractivity contribution in [1.82, 2.24) is 14.1 Å². The first-order valence-corrected chi connectivity index (χ1v) is 12.0. The van der Waals surface area contributed by atoms with Gasteiger partial charge in [-0.05, 0) is 31.4 Å². The second kappa shape index (κ2) is 8.19. The molecule has 2 heterocycles. The summed E-state index contributed by atoms with van der Waals surface area (Å²) in [6.45, 7) is 0.761. The summed E-state index contributed by atoms with van der Waals surface area (Å²) < 4.78 is 34.5. The van der Waals surface area contributed by atoms with E-state index in [2.05, 4.69) is 0 Å². The number of likely N-dealkylation sites (tertiary alicyclic amines) is 1. The maximum absolute atomic E-state index is 13.5. The van der Waals surface area contributed by atoms with E-state index in [0.717, 1.165) is 19.3 Å². The van der Waals surface area contributed by atoms with E-state index in [9.17, 15) is 18.0 Å². The molecule has 2 atom stereocenters. The Labute approximate surface area is 177 Å². The molecule has 0 aromatic heterocycles. The van der Waals surface area contributed by atoms with E-state index < -0.39 is 22.2 Å². The maximum Gasteiger partial charge on any atom is 0.247 e. The molecule has 0 spiro atoms. The molecular weight excluding hydrogens is 406 g/mol.